The van der Waals surface area contributed by atoms with Crippen molar-refractivity contribution in [2.75, 3.05) is 0 Å². The van der Waals surface area contributed by atoms with Crippen molar-refractivity contribution in [3.8, 4) is 11.5 Å². The average molecular weight is 535 g/mol. The van der Waals surface area contributed by atoms with Crippen molar-refractivity contribution in [2.45, 2.75) is 70.2 Å². The molecule has 2 aromatic carbocycles. The average Bonchev–Trinajstić information content (AvgIpc) is 3.38. The van der Waals surface area contributed by atoms with E-state index in [0.29, 0.717) is 41.0 Å². The van der Waals surface area contributed by atoms with Gasteiger partial charge in [-0.25, -0.2) is 9.49 Å². The van der Waals surface area contributed by atoms with Crippen LogP contribution in [0.25, 0.3) is 0 Å². The number of aromatic nitrogens is 2. The third kappa shape index (κ3) is 4.69. The number of fused-ring (bicyclic) bond motifs is 1. The van der Waals surface area contributed by atoms with Gasteiger partial charge in [-0.05, 0) is 70.4 Å². The van der Waals surface area contributed by atoms with Crippen LogP contribution in [0.4, 0.5) is 4.39 Å². The Kier molecular flexibility index (Phi) is 6.54. The summed E-state index contributed by atoms with van der Waals surface area (Å²) in [6, 6.07) is 11.2. The normalized spacial score (nSPS) is 22.6. The lowest BCUT2D eigenvalue weighted by Crippen LogP contribution is -2.53. The number of amides is 2. The van der Waals surface area contributed by atoms with Crippen molar-refractivity contribution in [1.29, 1.82) is 0 Å². The zero-order valence-electron chi connectivity index (χ0n) is 22.2. The van der Waals surface area contributed by atoms with Crippen molar-refractivity contribution in [1.82, 2.24) is 20.4 Å². The van der Waals surface area contributed by atoms with Gasteiger partial charge in [0.05, 0.1) is 22.9 Å². The summed E-state index contributed by atoms with van der Waals surface area (Å²) in [5.74, 6) is -0.759. The number of aliphatic hydroxyl groups is 1. The van der Waals surface area contributed by atoms with Crippen LogP contribution < -0.4 is 15.6 Å². The molecule has 2 aliphatic heterocycles. The minimum Gasteiger partial charge on any atom is -0.451 e. The molecule has 0 aliphatic carbocycles. The lowest BCUT2D eigenvalue weighted by Gasteiger charge is -2.39. The topological polar surface area (TPSA) is 125 Å². The van der Waals surface area contributed by atoms with Crippen LogP contribution in [0.15, 0.2) is 53.3 Å². The molecule has 9 nitrogen and oxygen atoms in total. The Hall–Kier alpha value is -4.05. The van der Waals surface area contributed by atoms with E-state index in [4.69, 9.17) is 4.74 Å². The zero-order chi connectivity index (χ0) is 28.1. The number of aromatic amines is 1. The number of carbonyl (C=O) groups is 2. The number of hydrogen-bond donors (Lipinski definition) is 3. The Labute approximate surface area is 225 Å². The molecule has 39 heavy (non-hydrogen) atoms. The molecule has 5 rings (SSSR count). The van der Waals surface area contributed by atoms with E-state index in [-0.39, 0.29) is 18.1 Å². The summed E-state index contributed by atoms with van der Waals surface area (Å²) in [6.07, 6.45) is 1.18. The van der Waals surface area contributed by atoms with Gasteiger partial charge >= 0.3 is 5.56 Å². The van der Waals surface area contributed by atoms with Crippen LogP contribution >= 0.6 is 0 Å². The number of nitrogens with one attached hydrogen (secondary N) is 2. The summed E-state index contributed by atoms with van der Waals surface area (Å²) < 4.78 is 20.8. The fraction of sp³-hybridized carbons (Fsp3) is 0.379. The third-order valence-electron chi connectivity index (χ3n) is 7.73. The van der Waals surface area contributed by atoms with Gasteiger partial charge in [-0.3, -0.25) is 14.4 Å². The molecule has 2 amide bonds. The minimum absolute atomic E-state index is 0.0831. The number of carbonyl (C=O) groups excluding carboxylic acids is 2. The maximum absolute atomic E-state index is 15.0. The van der Waals surface area contributed by atoms with Gasteiger partial charge in [-0.15, -0.1) is 0 Å². The van der Waals surface area contributed by atoms with E-state index in [1.807, 2.05) is 0 Å². The maximum atomic E-state index is 15.0. The number of aryl methyl sites for hydroxylation is 2. The first-order chi connectivity index (χ1) is 18.4. The Morgan fingerprint density at radius 3 is 2.62 bits per heavy atom. The highest BCUT2D eigenvalue weighted by atomic mass is 19.1. The molecular formula is C29H31FN4O5. The van der Waals surface area contributed by atoms with Crippen LogP contribution in [-0.4, -0.2) is 49.7 Å². The largest absolute Gasteiger partial charge is 0.451 e. The zero-order valence-corrected chi connectivity index (χ0v) is 22.2. The van der Waals surface area contributed by atoms with Gasteiger partial charge in [0.1, 0.15) is 17.6 Å². The number of H-pyrrole nitrogens is 1. The summed E-state index contributed by atoms with van der Waals surface area (Å²) in [7, 11) is 0. The number of rotatable bonds is 6. The summed E-state index contributed by atoms with van der Waals surface area (Å²) in [6.45, 7) is 6.74. The van der Waals surface area contributed by atoms with Gasteiger partial charge in [-0.1, -0.05) is 18.2 Å². The maximum Gasteiger partial charge on any atom is 0.307 e. The van der Waals surface area contributed by atoms with Crippen LogP contribution in [0.1, 0.15) is 60.3 Å². The Bertz CT molecular complexity index is 1510. The quantitative estimate of drug-likeness (QED) is 0.445. The van der Waals surface area contributed by atoms with E-state index in [2.05, 4.69) is 15.5 Å². The third-order valence-corrected chi connectivity index (χ3v) is 7.73. The van der Waals surface area contributed by atoms with Gasteiger partial charge in [-0.2, -0.15) is 5.10 Å². The van der Waals surface area contributed by atoms with Gasteiger partial charge in [0.25, 0.3) is 5.91 Å². The van der Waals surface area contributed by atoms with Crippen molar-refractivity contribution in [3.63, 3.8) is 0 Å². The second-order valence-electron chi connectivity index (χ2n) is 10.9. The smallest absolute Gasteiger partial charge is 0.307 e. The first-order valence-corrected chi connectivity index (χ1v) is 12.9. The van der Waals surface area contributed by atoms with E-state index in [1.165, 1.54) is 12.1 Å². The number of benzene rings is 2. The molecule has 0 bridgehead atoms. The molecule has 0 saturated carbocycles. The molecule has 2 fully saturated rings. The van der Waals surface area contributed by atoms with E-state index in [1.54, 1.807) is 69.0 Å². The highest BCUT2D eigenvalue weighted by Crippen LogP contribution is 2.52. The second kappa shape index (κ2) is 9.60. The fourth-order valence-electron chi connectivity index (χ4n) is 5.90. The molecule has 3 N–H and O–H groups in total. The number of ether oxygens (including phenoxy) is 1. The minimum atomic E-state index is -1.20. The first kappa shape index (κ1) is 26.6. The first-order valence-electron chi connectivity index (χ1n) is 12.9. The van der Waals surface area contributed by atoms with Crippen LogP contribution in [0.5, 0.6) is 11.5 Å². The molecular weight excluding hydrogens is 503 g/mol. The molecule has 0 radical (unpaired) electrons. The SMILES string of the molecule is Cc1cc(Oc2ccc(C(=O)N[C@H]3C[C@@]4(c5ccccc5F)CC[C@H](C(C)(C)O)N4C3=O)cc2C)c(=O)[nH]n1. The molecule has 2 aliphatic rings. The molecule has 2 saturated heterocycles. The molecule has 3 atom stereocenters. The van der Waals surface area contributed by atoms with Gasteiger partial charge < -0.3 is 20.1 Å². The Morgan fingerprint density at radius 1 is 1.18 bits per heavy atom. The van der Waals surface area contributed by atoms with Crippen molar-refractivity contribution >= 4 is 11.8 Å². The second-order valence-corrected chi connectivity index (χ2v) is 10.9. The lowest BCUT2D eigenvalue weighted by molar-refractivity contribution is -0.138. The molecule has 0 unspecified atom stereocenters. The van der Waals surface area contributed by atoms with Gasteiger partial charge in [0, 0.05) is 23.6 Å². The monoisotopic (exact) mass is 534 g/mol. The van der Waals surface area contributed by atoms with E-state index >= 15 is 4.39 Å². The van der Waals surface area contributed by atoms with Crippen LogP contribution in [-0.2, 0) is 10.3 Å². The predicted molar refractivity (Wildman–Crippen MR) is 141 cm³/mol. The molecule has 3 aromatic rings. The van der Waals surface area contributed by atoms with Gasteiger partial charge in [0.15, 0.2) is 5.75 Å². The van der Waals surface area contributed by atoms with Crippen LogP contribution in [0, 0.1) is 19.7 Å². The highest BCUT2D eigenvalue weighted by Gasteiger charge is 2.61. The lowest BCUT2D eigenvalue weighted by atomic mass is 9.84. The summed E-state index contributed by atoms with van der Waals surface area (Å²) in [5.41, 5.74) is -0.758. The van der Waals surface area contributed by atoms with Crippen molar-refractivity contribution in [2.24, 2.45) is 0 Å². The van der Waals surface area contributed by atoms with E-state index in [9.17, 15) is 19.5 Å². The summed E-state index contributed by atoms with van der Waals surface area (Å²) in [4.78, 5) is 40.6. The predicted octanol–water partition coefficient (Wildman–Crippen LogP) is 3.48. The molecule has 204 valence electrons. The fourth-order valence-corrected chi connectivity index (χ4v) is 5.90. The number of hydrogen-bond acceptors (Lipinski definition) is 6. The van der Waals surface area contributed by atoms with Gasteiger partial charge in [0.2, 0.25) is 5.91 Å². The van der Waals surface area contributed by atoms with E-state index < -0.39 is 40.5 Å². The Morgan fingerprint density at radius 2 is 1.92 bits per heavy atom. The molecule has 0 spiro atoms. The molecule has 1 aromatic heterocycles. The standard InChI is InChI=1S/C29H31FN4O5/c1-16-13-18(9-10-22(16)39-23-14-17(2)32-33-26(23)36)25(35)31-21-15-29(19-7-5-6-8-20(19)30)12-11-24(28(3,4)38)34(29)27(21)37/h5-10,13-14,21,24,38H,11-12,15H2,1-4H3,(H,31,35)(H,33,36)/t21-,24+,29+/m0/s1. The summed E-state index contributed by atoms with van der Waals surface area (Å²) >= 11 is 0. The summed E-state index contributed by atoms with van der Waals surface area (Å²) in [5, 5.41) is 19.9. The number of nitrogens with zero attached hydrogens (tertiary/aromatic N) is 2. The molecule has 3 heterocycles. The van der Waals surface area contributed by atoms with E-state index in [0.717, 1.165) is 0 Å². The highest BCUT2D eigenvalue weighted by molar-refractivity contribution is 5.99. The Balaban J connectivity index is 1.40. The molecule has 10 heteroatoms. The van der Waals surface area contributed by atoms with Crippen molar-refractivity contribution < 1.29 is 23.8 Å². The van der Waals surface area contributed by atoms with Crippen LogP contribution in [0.2, 0.25) is 0 Å². The van der Waals surface area contributed by atoms with Crippen LogP contribution in [0.3, 0.4) is 0 Å². The van der Waals surface area contributed by atoms with Crippen molar-refractivity contribution in [3.05, 3.63) is 87.1 Å². The number of halogens is 1.